The minimum Gasteiger partial charge on any atom is -0.394 e. The summed E-state index contributed by atoms with van der Waals surface area (Å²) in [6, 6.07) is 0.226. The van der Waals surface area contributed by atoms with Gasteiger partial charge >= 0.3 is 0 Å². The third-order valence-electron chi connectivity index (χ3n) is 5.89. The summed E-state index contributed by atoms with van der Waals surface area (Å²) in [6.45, 7) is -0.448. The van der Waals surface area contributed by atoms with E-state index < -0.39 is 37.1 Å². The Hall–Kier alpha value is -3.13. The van der Waals surface area contributed by atoms with Crippen molar-refractivity contribution >= 4 is 28.8 Å². The fraction of sp³-hybridized carbons (Fsp3) is 0.526. The number of rotatable bonds is 6. The molecule has 2 aliphatic rings. The molecule has 170 valence electrons. The zero-order valence-corrected chi connectivity index (χ0v) is 17.0. The second-order valence-electron chi connectivity index (χ2n) is 8.02. The van der Waals surface area contributed by atoms with Gasteiger partial charge < -0.3 is 25.4 Å². The van der Waals surface area contributed by atoms with Gasteiger partial charge in [-0.2, -0.15) is 15.1 Å². The van der Waals surface area contributed by atoms with E-state index in [0.717, 1.165) is 25.7 Å². The number of H-pyrrole nitrogens is 1. The normalized spacial score (nSPS) is 26.1. The molecule has 3 aromatic rings. The number of aliphatic hydroxyl groups excluding tert-OH is 3. The van der Waals surface area contributed by atoms with Crippen LogP contribution in [-0.4, -0.2) is 81.9 Å². The van der Waals surface area contributed by atoms with Crippen molar-refractivity contribution in [2.75, 3.05) is 17.2 Å². The number of aromatic amines is 1. The van der Waals surface area contributed by atoms with Crippen molar-refractivity contribution in [2.24, 2.45) is 0 Å². The van der Waals surface area contributed by atoms with E-state index in [-0.39, 0.29) is 12.0 Å². The maximum atomic E-state index is 12.5. The van der Waals surface area contributed by atoms with Gasteiger partial charge in [-0.3, -0.25) is 19.8 Å². The van der Waals surface area contributed by atoms with E-state index in [0.29, 0.717) is 22.5 Å². The molecule has 0 aromatic carbocycles. The van der Waals surface area contributed by atoms with Crippen LogP contribution in [0.3, 0.4) is 0 Å². The number of hydrogen-bond donors (Lipinski definition) is 6. The van der Waals surface area contributed by atoms with Gasteiger partial charge in [0.25, 0.3) is 5.91 Å². The monoisotopic (exact) mass is 444 g/mol. The van der Waals surface area contributed by atoms with Gasteiger partial charge in [-0.25, -0.2) is 4.98 Å². The highest BCUT2D eigenvalue weighted by molar-refractivity contribution is 6.03. The molecule has 0 spiro atoms. The molecular formula is C19H24N8O5. The summed E-state index contributed by atoms with van der Waals surface area (Å²) in [4.78, 5) is 25.8. The highest BCUT2D eigenvalue weighted by Crippen LogP contribution is 2.33. The van der Waals surface area contributed by atoms with Gasteiger partial charge in [0.15, 0.2) is 23.2 Å². The first-order valence-electron chi connectivity index (χ1n) is 10.5. The van der Waals surface area contributed by atoms with Crippen LogP contribution in [0.5, 0.6) is 0 Å². The lowest BCUT2D eigenvalue weighted by atomic mass is 10.1. The minimum absolute atomic E-state index is 0.0395. The van der Waals surface area contributed by atoms with Gasteiger partial charge in [-0.05, 0) is 12.8 Å². The van der Waals surface area contributed by atoms with E-state index in [1.54, 1.807) is 0 Å². The van der Waals surface area contributed by atoms with Crippen LogP contribution in [-0.2, 0) is 4.74 Å². The average Bonchev–Trinajstić information content (AvgIpc) is 3.57. The van der Waals surface area contributed by atoms with Crippen molar-refractivity contribution in [1.29, 1.82) is 0 Å². The van der Waals surface area contributed by atoms with Gasteiger partial charge in [0.2, 0.25) is 5.95 Å². The van der Waals surface area contributed by atoms with E-state index in [1.807, 2.05) is 0 Å². The Morgan fingerprint density at radius 3 is 2.75 bits per heavy atom. The first kappa shape index (κ1) is 20.8. The van der Waals surface area contributed by atoms with Crippen LogP contribution < -0.4 is 10.6 Å². The smallest absolute Gasteiger partial charge is 0.261 e. The molecule has 1 saturated carbocycles. The molecule has 1 aliphatic heterocycles. The van der Waals surface area contributed by atoms with Crippen LogP contribution in [0.2, 0.25) is 0 Å². The maximum Gasteiger partial charge on any atom is 0.261 e. The fourth-order valence-corrected chi connectivity index (χ4v) is 4.18. The topological polar surface area (TPSA) is 183 Å². The van der Waals surface area contributed by atoms with Crippen LogP contribution in [0.15, 0.2) is 18.7 Å². The summed E-state index contributed by atoms with van der Waals surface area (Å²) in [5, 5.41) is 42.4. The summed E-state index contributed by atoms with van der Waals surface area (Å²) in [6.07, 6.45) is 3.99. The number of aliphatic hydroxyl groups is 3. The molecule has 1 amide bonds. The Morgan fingerprint density at radius 2 is 2.06 bits per heavy atom. The summed E-state index contributed by atoms with van der Waals surface area (Å²) < 4.78 is 7.10. The number of imidazole rings is 1. The lowest BCUT2D eigenvalue weighted by Gasteiger charge is -2.18. The Kier molecular flexibility index (Phi) is 5.46. The Balaban J connectivity index is 1.53. The fourth-order valence-electron chi connectivity index (χ4n) is 4.18. The number of fused-ring (bicyclic) bond motifs is 1. The number of nitrogens with one attached hydrogen (secondary N) is 3. The SMILES string of the molecule is O=C(Nc1nc(NC2CCCC2)c2ncn(C3OC(CO)[C@@H](O)C3O)c2n1)c1cn[nH]c1. The summed E-state index contributed by atoms with van der Waals surface area (Å²) in [5.41, 5.74) is 1.06. The molecule has 1 saturated heterocycles. The van der Waals surface area contributed by atoms with Crippen molar-refractivity contribution < 1.29 is 24.9 Å². The van der Waals surface area contributed by atoms with Gasteiger partial charge in [0.1, 0.15) is 18.3 Å². The maximum absolute atomic E-state index is 12.5. The van der Waals surface area contributed by atoms with Crippen molar-refractivity contribution in [3.8, 4) is 0 Å². The Labute approximate surface area is 181 Å². The molecule has 0 radical (unpaired) electrons. The van der Waals surface area contributed by atoms with Crippen LogP contribution >= 0.6 is 0 Å². The number of anilines is 2. The molecule has 32 heavy (non-hydrogen) atoms. The second kappa shape index (κ2) is 8.43. The number of carbonyl (C=O) groups is 1. The molecule has 4 heterocycles. The molecule has 13 nitrogen and oxygen atoms in total. The summed E-state index contributed by atoms with van der Waals surface area (Å²) in [7, 11) is 0. The average molecular weight is 444 g/mol. The lowest BCUT2D eigenvalue weighted by Crippen LogP contribution is -2.33. The first-order valence-corrected chi connectivity index (χ1v) is 10.5. The van der Waals surface area contributed by atoms with Gasteiger partial charge in [-0.1, -0.05) is 12.8 Å². The van der Waals surface area contributed by atoms with Gasteiger partial charge in [0.05, 0.1) is 24.7 Å². The number of hydrogen-bond acceptors (Lipinski definition) is 10. The van der Waals surface area contributed by atoms with E-state index in [9.17, 15) is 20.1 Å². The molecule has 1 aliphatic carbocycles. The van der Waals surface area contributed by atoms with Crippen LogP contribution in [0.4, 0.5) is 11.8 Å². The molecular weight excluding hydrogens is 420 g/mol. The standard InChI is InChI=1S/C19H24N8O5/c28-7-11-13(29)14(30)18(32-11)27-8-20-12-15(23-10-3-1-2-4-10)24-19(25-16(12)27)26-17(31)9-5-21-22-6-9/h5-6,8,10-11,13-14,18,28-30H,1-4,7H2,(H,21,22)(H2,23,24,25,26,31)/t11?,13-,14?,18?/m1/s1. The van der Waals surface area contributed by atoms with Crippen LogP contribution in [0.1, 0.15) is 42.3 Å². The highest BCUT2D eigenvalue weighted by Gasteiger charge is 2.44. The minimum atomic E-state index is -1.30. The van der Waals surface area contributed by atoms with Gasteiger partial charge in [0, 0.05) is 12.2 Å². The molecule has 6 N–H and O–H groups in total. The molecule has 4 atom stereocenters. The van der Waals surface area contributed by atoms with E-state index in [2.05, 4.69) is 35.8 Å². The zero-order chi connectivity index (χ0) is 22.2. The molecule has 3 aromatic heterocycles. The highest BCUT2D eigenvalue weighted by atomic mass is 16.6. The van der Waals surface area contributed by atoms with E-state index >= 15 is 0 Å². The number of amides is 1. The predicted octanol–water partition coefficient (Wildman–Crippen LogP) is -0.232. The number of ether oxygens (including phenoxy) is 1. The van der Waals surface area contributed by atoms with Crippen molar-refractivity contribution in [3.05, 3.63) is 24.3 Å². The van der Waals surface area contributed by atoms with E-state index in [1.165, 1.54) is 23.3 Å². The molecule has 5 rings (SSSR count). The quantitative estimate of drug-likeness (QED) is 0.297. The van der Waals surface area contributed by atoms with Crippen molar-refractivity contribution in [2.45, 2.75) is 56.3 Å². The lowest BCUT2D eigenvalue weighted by molar-refractivity contribution is -0.0511. The summed E-state index contributed by atoms with van der Waals surface area (Å²) >= 11 is 0. The van der Waals surface area contributed by atoms with Crippen LogP contribution in [0.25, 0.3) is 11.2 Å². The Morgan fingerprint density at radius 1 is 1.25 bits per heavy atom. The third-order valence-corrected chi connectivity index (χ3v) is 5.89. The molecule has 13 heteroatoms. The molecule has 0 bridgehead atoms. The number of nitrogens with zero attached hydrogens (tertiary/aromatic N) is 5. The van der Waals surface area contributed by atoms with Crippen LogP contribution in [0, 0.1) is 0 Å². The van der Waals surface area contributed by atoms with Crippen molar-refractivity contribution in [1.82, 2.24) is 29.7 Å². The van der Waals surface area contributed by atoms with E-state index in [4.69, 9.17) is 4.74 Å². The zero-order valence-electron chi connectivity index (χ0n) is 17.0. The van der Waals surface area contributed by atoms with Crippen molar-refractivity contribution in [3.63, 3.8) is 0 Å². The number of aromatic nitrogens is 6. The summed E-state index contributed by atoms with van der Waals surface area (Å²) in [5.74, 6) is 0.0523. The first-order chi connectivity index (χ1) is 15.5. The largest absolute Gasteiger partial charge is 0.394 e. The molecule has 3 unspecified atom stereocenters. The number of carbonyl (C=O) groups excluding carboxylic acids is 1. The third kappa shape index (κ3) is 3.68. The molecule has 2 fully saturated rings. The second-order valence-corrected chi connectivity index (χ2v) is 8.02. The predicted molar refractivity (Wildman–Crippen MR) is 111 cm³/mol. The van der Waals surface area contributed by atoms with Gasteiger partial charge in [-0.15, -0.1) is 0 Å². The Bertz CT molecular complexity index is 1100.